The molecule has 0 spiro atoms. The first-order chi connectivity index (χ1) is 18.3. The van der Waals surface area contributed by atoms with Crippen LogP contribution in [0.25, 0.3) is 0 Å². The van der Waals surface area contributed by atoms with Gasteiger partial charge in [0.1, 0.15) is 5.75 Å². The van der Waals surface area contributed by atoms with Crippen LogP contribution in [0.2, 0.25) is 13.3 Å². The van der Waals surface area contributed by atoms with Crippen molar-refractivity contribution in [2.45, 2.75) is 99.2 Å². The third-order valence-electron chi connectivity index (χ3n) is 7.43. The molecule has 0 saturated carbocycles. The van der Waals surface area contributed by atoms with Crippen LogP contribution in [0.3, 0.4) is 0 Å². The second-order valence-electron chi connectivity index (χ2n) is 10.9. The summed E-state index contributed by atoms with van der Waals surface area (Å²) >= 11 is -2.30. The van der Waals surface area contributed by atoms with Crippen LogP contribution < -0.4 is 10.1 Å². The Hall–Kier alpha value is -1.31. The van der Waals surface area contributed by atoms with Gasteiger partial charge < -0.3 is 4.74 Å². The molecule has 6 heteroatoms. The van der Waals surface area contributed by atoms with Crippen LogP contribution in [-0.4, -0.2) is 55.8 Å². The predicted octanol–water partition coefficient (Wildman–Crippen LogP) is 7.46. The SMILES string of the molecule is CCC[CH2][Sn](/[CH]=C/CNC(=O)/C=C/[C@@H](C)[C@H](O)[C@H](C)COCc1ccc(OC)cc1)([CH2]CCC)[CH2]CCC. The van der Waals surface area contributed by atoms with Crippen LogP contribution in [0.4, 0.5) is 0 Å². The van der Waals surface area contributed by atoms with Crippen LogP contribution >= 0.6 is 0 Å². The van der Waals surface area contributed by atoms with E-state index in [-0.39, 0.29) is 17.7 Å². The third kappa shape index (κ3) is 14.2. The number of hydrogen-bond donors (Lipinski definition) is 2. The Kier molecular flexibility index (Phi) is 18.8. The summed E-state index contributed by atoms with van der Waals surface area (Å²) in [5.74, 6) is 0.527. The van der Waals surface area contributed by atoms with E-state index in [0.717, 1.165) is 11.3 Å². The van der Waals surface area contributed by atoms with Crippen molar-refractivity contribution in [2.24, 2.45) is 11.8 Å². The first-order valence-corrected chi connectivity index (χ1v) is 22.5. The predicted molar refractivity (Wildman–Crippen MR) is 163 cm³/mol. The maximum absolute atomic E-state index is 12.4. The van der Waals surface area contributed by atoms with Crippen LogP contribution in [0, 0.1) is 11.8 Å². The van der Waals surface area contributed by atoms with E-state index in [4.69, 9.17) is 9.47 Å². The van der Waals surface area contributed by atoms with Crippen molar-refractivity contribution in [3.8, 4) is 5.75 Å². The number of carbonyl (C=O) groups is 1. The molecule has 0 unspecified atom stereocenters. The van der Waals surface area contributed by atoms with Gasteiger partial charge in [-0.3, -0.25) is 0 Å². The van der Waals surface area contributed by atoms with Gasteiger partial charge in [-0.05, 0) is 17.7 Å². The Labute approximate surface area is 237 Å². The molecule has 0 aliphatic heterocycles. The Morgan fingerprint density at radius 1 is 1.00 bits per heavy atom. The minimum absolute atomic E-state index is 0.0473. The van der Waals surface area contributed by atoms with Gasteiger partial charge in [0.2, 0.25) is 0 Å². The van der Waals surface area contributed by atoms with E-state index in [1.165, 1.54) is 51.8 Å². The maximum atomic E-state index is 12.4. The fourth-order valence-corrected chi connectivity index (χ4v) is 19.2. The fourth-order valence-electron chi connectivity index (χ4n) is 4.79. The molecule has 0 aliphatic carbocycles. The molecule has 1 aromatic rings. The first kappa shape index (κ1) is 34.7. The Bertz CT molecular complexity index is 786. The molecule has 0 bridgehead atoms. The van der Waals surface area contributed by atoms with Crippen molar-refractivity contribution in [1.82, 2.24) is 5.32 Å². The standard InChI is InChI=1S/C20H28NO4.3C4H9.Sn/c1-5-12-21-19(22)11-6-15(2)20(23)16(3)13-25-14-17-7-9-18(24-4)10-8-17;3*1-3-4-2;/h1,5-11,15-16,20,23H,12-14H2,2-4H3,(H,21,22);3*1,3-4H2,2H3;/b5-1?,11-6+;;;;/t15-,16-,20+;;;;/m1..../s1. The van der Waals surface area contributed by atoms with Crippen molar-refractivity contribution >= 4 is 24.3 Å². The van der Waals surface area contributed by atoms with E-state index >= 15 is 0 Å². The fraction of sp³-hybridized carbons (Fsp3) is 0.656. The summed E-state index contributed by atoms with van der Waals surface area (Å²) in [5, 5.41) is 13.7. The van der Waals surface area contributed by atoms with Gasteiger partial charge >= 0.3 is 184 Å². The van der Waals surface area contributed by atoms with Crippen LogP contribution in [-0.2, 0) is 16.1 Å². The molecular formula is C32H55NO4Sn. The van der Waals surface area contributed by atoms with Gasteiger partial charge in [-0.15, -0.1) is 0 Å². The summed E-state index contributed by atoms with van der Waals surface area (Å²) in [6.45, 7) is 12.3. The third-order valence-corrected chi connectivity index (χ3v) is 21.7. The number of rotatable bonds is 21. The molecule has 0 fully saturated rings. The van der Waals surface area contributed by atoms with E-state index in [2.05, 4.69) is 36.3 Å². The molecule has 38 heavy (non-hydrogen) atoms. The van der Waals surface area contributed by atoms with E-state index in [0.29, 0.717) is 19.8 Å². The van der Waals surface area contributed by atoms with E-state index in [1.807, 2.05) is 38.1 Å². The van der Waals surface area contributed by atoms with Gasteiger partial charge in [0, 0.05) is 0 Å². The Morgan fingerprint density at radius 2 is 1.58 bits per heavy atom. The van der Waals surface area contributed by atoms with E-state index in [1.54, 1.807) is 19.3 Å². The van der Waals surface area contributed by atoms with Crippen LogP contribution in [0.1, 0.15) is 78.7 Å². The van der Waals surface area contributed by atoms with Crippen molar-refractivity contribution in [2.75, 3.05) is 20.3 Å². The van der Waals surface area contributed by atoms with Gasteiger partial charge in [-0.1, -0.05) is 12.1 Å². The summed E-state index contributed by atoms with van der Waals surface area (Å²) in [4.78, 5) is 12.4. The quantitative estimate of drug-likeness (QED) is 0.109. The van der Waals surface area contributed by atoms with Gasteiger partial charge in [0.25, 0.3) is 0 Å². The van der Waals surface area contributed by atoms with Crippen molar-refractivity contribution < 1.29 is 19.4 Å². The number of carbonyl (C=O) groups excluding carboxylic acids is 1. The molecule has 1 amide bonds. The van der Waals surface area contributed by atoms with Crippen LogP contribution in [0.15, 0.2) is 46.6 Å². The average Bonchev–Trinajstić information content (AvgIpc) is 2.94. The van der Waals surface area contributed by atoms with Crippen molar-refractivity contribution in [3.05, 3.63) is 52.1 Å². The normalized spacial score (nSPS) is 14.6. The monoisotopic (exact) mass is 637 g/mol. The molecule has 0 aromatic heterocycles. The number of benzene rings is 1. The second kappa shape index (κ2) is 20.6. The van der Waals surface area contributed by atoms with E-state index < -0.39 is 24.5 Å². The number of hydrogen-bond acceptors (Lipinski definition) is 4. The molecule has 0 saturated heterocycles. The van der Waals surface area contributed by atoms with Crippen molar-refractivity contribution in [3.63, 3.8) is 0 Å². The topological polar surface area (TPSA) is 67.8 Å². The van der Waals surface area contributed by atoms with Gasteiger partial charge in [0.05, 0.1) is 13.7 Å². The zero-order valence-electron chi connectivity index (χ0n) is 25.0. The molecule has 216 valence electrons. The number of amides is 1. The van der Waals surface area contributed by atoms with E-state index in [9.17, 15) is 9.90 Å². The molecule has 1 aromatic carbocycles. The number of unbranched alkanes of at least 4 members (excludes halogenated alkanes) is 3. The Balaban J connectivity index is 2.50. The average molecular weight is 637 g/mol. The molecule has 3 atom stereocenters. The molecule has 5 nitrogen and oxygen atoms in total. The van der Waals surface area contributed by atoms with Gasteiger partial charge in [-0.2, -0.15) is 0 Å². The molecule has 0 radical (unpaired) electrons. The summed E-state index contributed by atoms with van der Waals surface area (Å²) in [6.07, 6.45) is 12.8. The zero-order chi connectivity index (χ0) is 28.2. The van der Waals surface area contributed by atoms with Gasteiger partial charge in [-0.25, -0.2) is 0 Å². The number of ether oxygens (including phenoxy) is 2. The number of aliphatic hydroxyl groups is 1. The number of nitrogens with one attached hydrogen (secondary N) is 1. The molecule has 1 rings (SSSR count). The molecular weight excluding hydrogens is 581 g/mol. The number of methoxy groups -OCH3 is 1. The van der Waals surface area contributed by atoms with Crippen LogP contribution in [0.5, 0.6) is 5.75 Å². The zero-order valence-corrected chi connectivity index (χ0v) is 27.9. The molecule has 0 heterocycles. The first-order valence-electron chi connectivity index (χ1n) is 14.8. The summed E-state index contributed by atoms with van der Waals surface area (Å²) in [5.41, 5.74) is 1.06. The van der Waals surface area contributed by atoms with Crippen molar-refractivity contribution in [1.29, 1.82) is 0 Å². The van der Waals surface area contributed by atoms with Gasteiger partial charge in [0.15, 0.2) is 0 Å². The minimum atomic E-state index is -2.30. The second-order valence-corrected chi connectivity index (χ2v) is 23.9. The Morgan fingerprint density at radius 3 is 2.11 bits per heavy atom. The molecule has 0 aliphatic rings. The number of aliphatic hydroxyl groups excluding tert-OH is 1. The molecule has 2 N–H and O–H groups in total. The summed E-state index contributed by atoms with van der Waals surface area (Å²) in [6, 6.07) is 7.78. The summed E-state index contributed by atoms with van der Waals surface area (Å²) < 4.78 is 17.9. The summed E-state index contributed by atoms with van der Waals surface area (Å²) in [7, 11) is 1.65.